The van der Waals surface area contributed by atoms with Crippen molar-refractivity contribution in [2.45, 2.75) is 38.5 Å². The van der Waals surface area contributed by atoms with E-state index in [2.05, 4.69) is 6.58 Å². The molecule has 0 aromatic rings. The number of carboxylic acids is 1. The maximum atomic E-state index is 12.8. The van der Waals surface area contributed by atoms with E-state index in [1.807, 2.05) is 0 Å². The van der Waals surface area contributed by atoms with Gasteiger partial charge in [-0.2, -0.15) is 0 Å². The van der Waals surface area contributed by atoms with E-state index in [0.29, 0.717) is 32.5 Å². The van der Waals surface area contributed by atoms with Gasteiger partial charge in [0.2, 0.25) is 5.91 Å². The molecule has 5 nitrogen and oxygen atoms in total. The van der Waals surface area contributed by atoms with Gasteiger partial charge in [0.15, 0.2) is 0 Å². The zero-order valence-electron chi connectivity index (χ0n) is 12.8. The Balaban J connectivity index is 2.14. The molecule has 2 rings (SSSR count). The lowest BCUT2D eigenvalue weighted by molar-refractivity contribution is -0.162. The Hall–Kier alpha value is -1.36. The van der Waals surface area contributed by atoms with Crippen LogP contribution in [0.4, 0.5) is 0 Å². The number of methoxy groups -OCH3 is 1. The Bertz CT molecular complexity index is 430. The number of amides is 1. The highest BCUT2D eigenvalue weighted by Crippen LogP contribution is 2.44. The Kier molecular flexibility index (Phi) is 4.71. The number of rotatable bonds is 6. The molecule has 1 heterocycles. The number of aliphatic carboxylic acids is 1. The minimum atomic E-state index is -0.867. The molecule has 0 aromatic carbocycles. The van der Waals surface area contributed by atoms with Crippen molar-refractivity contribution >= 4 is 11.9 Å². The summed E-state index contributed by atoms with van der Waals surface area (Å²) in [5.74, 6) is -0.751. The van der Waals surface area contributed by atoms with Crippen LogP contribution >= 0.6 is 0 Å². The number of ether oxygens (including phenoxy) is 1. The van der Waals surface area contributed by atoms with Crippen LogP contribution in [0.1, 0.15) is 38.5 Å². The standard InChI is InChI=1S/C16H25NO4/c1-3-6-15(14(19)20)9-5-10-17(11-15)13(18)16(12-21-2)7-4-8-16/h3H,1,4-12H2,2H3,(H,19,20). The van der Waals surface area contributed by atoms with Crippen LogP contribution in [0.25, 0.3) is 0 Å². The molecule has 0 aromatic heterocycles. The molecule has 1 amide bonds. The molecule has 21 heavy (non-hydrogen) atoms. The first kappa shape index (κ1) is 16.0. The summed E-state index contributed by atoms with van der Waals surface area (Å²) < 4.78 is 5.23. The largest absolute Gasteiger partial charge is 0.481 e. The number of piperidine rings is 1. The zero-order chi connectivity index (χ0) is 15.5. The van der Waals surface area contributed by atoms with Crippen LogP contribution in [0.15, 0.2) is 12.7 Å². The van der Waals surface area contributed by atoms with Crippen LogP contribution < -0.4 is 0 Å². The van der Waals surface area contributed by atoms with Crippen LogP contribution in [-0.4, -0.2) is 48.7 Å². The minimum Gasteiger partial charge on any atom is -0.481 e. The van der Waals surface area contributed by atoms with Gasteiger partial charge in [-0.3, -0.25) is 9.59 Å². The summed E-state index contributed by atoms with van der Waals surface area (Å²) >= 11 is 0. The lowest BCUT2D eigenvalue weighted by Gasteiger charge is -2.47. The van der Waals surface area contributed by atoms with E-state index < -0.39 is 16.8 Å². The monoisotopic (exact) mass is 295 g/mol. The van der Waals surface area contributed by atoms with Gasteiger partial charge in [-0.05, 0) is 32.1 Å². The molecular weight excluding hydrogens is 270 g/mol. The zero-order valence-corrected chi connectivity index (χ0v) is 12.8. The van der Waals surface area contributed by atoms with Gasteiger partial charge in [0.1, 0.15) is 0 Å². The predicted octanol–water partition coefficient (Wildman–Crippen LogP) is 2.07. The fraction of sp³-hybridized carbons (Fsp3) is 0.750. The molecule has 5 heteroatoms. The minimum absolute atomic E-state index is 0.0741. The Morgan fingerprint density at radius 1 is 1.29 bits per heavy atom. The summed E-state index contributed by atoms with van der Waals surface area (Å²) in [6.45, 7) is 5.04. The highest BCUT2D eigenvalue weighted by atomic mass is 16.5. The second-order valence-corrected chi connectivity index (χ2v) is 6.48. The number of allylic oxidation sites excluding steroid dienone is 1. The summed E-state index contributed by atoms with van der Waals surface area (Å²) in [5, 5.41) is 9.59. The summed E-state index contributed by atoms with van der Waals surface area (Å²) in [5.41, 5.74) is -1.28. The molecule has 1 N–H and O–H groups in total. The molecule has 1 unspecified atom stereocenters. The maximum absolute atomic E-state index is 12.8. The SMILES string of the molecule is C=CCC1(C(=O)O)CCCN(C(=O)C2(COC)CCC2)C1. The van der Waals surface area contributed by atoms with Gasteiger partial charge in [0.05, 0.1) is 17.4 Å². The van der Waals surface area contributed by atoms with Gasteiger partial charge in [-0.25, -0.2) is 0 Å². The molecular formula is C16H25NO4. The van der Waals surface area contributed by atoms with Crippen molar-refractivity contribution in [2.24, 2.45) is 10.8 Å². The molecule has 1 atom stereocenters. The Morgan fingerprint density at radius 3 is 2.43 bits per heavy atom. The van der Waals surface area contributed by atoms with Crippen LogP contribution in [0.5, 0.6) is 0 Å². The van der Waals surface area contributed by atoms with Crippen molar-refractivity contribution in [1.82, 2.24) is 4.90 Å². The molecule has 1 aliphatic heterocycles. The number of hydrogen-bond acceptors (Lipinski definition) is 3. The Labute approximate surface area is 126 Å². The molecule has 0 spiro atoms. The molecule has 1 aliphatic carbocycles. The smallest absolute Gasteiger partial charge is 0.311 e. The van der Waals surface area contributed by atoms with Crippen molar-refractivity contribution in [3.05, 3.63) is 12.7 Å². The topological polar surface area (TPSA) is 66.8 Å². The van der Waals surface area contributed by atoms with Gasteiger partial charge in [0.25, 0.3) is 0 Å². The summed E-state index contributed by atoms with van der Waals surface area (Å²) in [6, 6.07) is 0. The Morgan fingerprint density at radius 2 is 1.95 bits per heavy atom. The van der Waals surface area contributed by atoms with Crippen molar-refractivity contribution in [2.75, 3.05) is 26.8 Å². The third-order valence-corrected chi connectivity index (χ3v) is 5.04. The van der Waals surface area contributed by atoms with E-state index in [0.717, 1.165) is 25.7 Å². The highest BCUT2D eigenvalue weighted by Gasteiger charge is 2.50. The molecule has 2 fully saturated rings. The average molecular weight is 295 g/mol. The molecule has 2 aliphatic rings. The van der Waals surface area contributed by atoms with Crippen molar-refractivity contribution in [1.29, 1.82) is 0 Å². The number of carboxylic acid groups (broad SMARTS) is 1. The second kappa shape index (κ2) is 6.18. The van der Waals surface area contributed by atoms with Crippen LogP contribution in [0.2, 0.25) is 0 Å². The lowest BCUT2D eigenvalue weighted by atomic mass is 9.67. The third-order valence-electron chi connectivity index (χ3n) is 5.04. The van der Waals surface area contributed by atoms with Gasteiger partial charge in [-0.1, -0.05) is 12.5 Å². The molecule has 0 radical (unpaired) electrons. The van der Waals surface area contributed by atoms with E-state index in [1.54, 1.807) is 18.1 Å². The average Bonchev–Trinajstić information content (AvgIpc) is 2.42. The van der Waals surface area contributed by atoms with Gasteiger partial charge in [0, 0.05) is 20.2 Å². The summed E-state index contributed by atoms with van der Waals surface area (Å²) in [4.78, 5) is 26.3. The first-order chi connectivity index (χ1) is 9.99. The number of carbonyl (C=O) groups is 2. The molecule has 1 saturated heterocycles. The van der Waals surface area contributed by atoms with Gasteiger partial charge < -0.3 is 14.7 Å². The van der Waals surface area contributed by atoms with Crippen LogP contribution in [0.3, 0.4) is 0 Å². The summed E-state index contributed by atoms with van der Waals surface area (Å²) in [6.07, 6.45) is 6.12. The van der Waals surface area contributed by atoms with E-state index in [1.165, 1.54) is 0 Å². The summed E-state index contributed by atoms with van der Waals surface area (Å²) in [7, 11) is 1.61. The molecule has 118 valence electrons. The quantitative estimate of drug-likeness (QED) is 0.762. The normalized spacial score (nSPS) is 27.8. The van der Waals surface area contributed by atoms with Crippen LogP contribution in [-0.2, 0) is 14.3 Å². The van der Waals surface area contributed by atoms with Gasteiger partial charge >= 0.3 is 5.97 Å². The van der Waals surface area contributed by atoms with E-state index in [-0.39, 0.29) is 5.91 Å². The van der Waals surface area contributed by atoms with E-state index >= 15 is 0 Å². The van der Waals surface area contributed by atoms with Crippen molar-refractivity contribution in [3.63, 3.8) is 0 Å². The number of likely N-dealkylation sites (tertiary alicyclic amines) is 1. The second-order valence-electron chi connectivity index (χ2n) is 6.48. The van der Waals surface area contributed by atoms with Crippen LogP contribution in [0, 0.1) is 10.8 Å². The van der Waals surface area contributed by atoms with E-state index in [4.69, 9.17) is 4.74 Å². The molecule has 0 bridgehead atoms. The fourth-order valence-electron chi connectivity index (χ4n) is 3.65. The maximum Gasteiger partial charge on any atom is 0.311 e. The first-order valence-electron chi connectivity index (χ1n) is 7.62. The number of carbonyl (C=O) groups excluding carboxylic acids is 1. The first-order valence-corrected chi connectivity index (χ1v) is 7.62. The van der Waals surface area contributed by atoms with Crippen molar-refractivity contribution in [3.8, 4) is 0 Å². The fourth-order valence-corrected chi connectivity index (χ4v) is 3.65. The third kappa shape index (κ3) is 2.84. The highest BCUT2D eigenvalue weighted by molar-refractivity contribution is 5.85. The number of hydrogen-bond donors (Lipinski definition) is 1. The molecule has 1 saturated carbocycles. The van der Waals surface area contributed by atoms with Crippen molar-refractivity contribution < 1.29 is 19.4 Å². The van der Waals surface area contributed by atoms with E-state index in [9.17, 15) is 14.7 Å². The predicted molar refractivity (Wildman–Crippen MR) is 78.9 cm³/mol. The van der Waals surface area contributed by atoms with Gasteiger partial charge in [-0.15, -0.1) is 6.58 Å². The number of nitrogens with zero attached hydrogens (tertiary/aromatic N) is 1. The lowest BCUT2D eigenvalue weighted by Crippen LogP contribution is -2.56.